The number of hydrogen-bond acceptors (Lipinski definition) is 1. The first-order chi connectivity index (χ1) is 5.66. The van der Waals surface area contributed by atoms with Gasteiger partial charge in [-0.2, -0.15) is 0 Å². The zero-order valence-corrected chi connectivity index (χ0v) is 7.26. The summed E-state index contributed by atoms with van der Waals surface area (Å²) < 4.78 is 12.9. The standard InChI is InChI=1S/C10H12FN/c1-3-4-8-5-6-9(11)7(2)10(8)12/h3-6H,12H2,1-2H3/b4-3-. The predicted molar refractivity (Wildman–Crippen MR) is 50.3 cm³/mol. The molecule has 0 saturated heterocycles. The van der Waals surface area contributed by atoms with Crippen LogP contribution in [0.2, 0.25) is 0 Å². The van der Waals surface area contributed by atoms with Crippen LogP contribution in [-0.4, -0.2) is 0 Å². The van der Waals surface area contributed by atoms with Crippen molar-refractivity contribution in [3.8, 4) is 0 Å². The van der Waals surface area contributed by atoms with Gasteiger partial charge in [-0.15, -0.1) is 0 Å². The third-order valence-corrected chi connectivity index (χ3v) is 1.83. The number of anilines is 1. The van der Waals surface area contributed by atoms with Gasteiger partial charge in [-0.05, 0) is 31.5 Å². The Balaban J connectivity index is 3.26. The molecule has 0 amide bonds. The summed E-state index contributed by atoms with van der Waals surface area (Å²) in [5.41, 5.74) is 7.59. The lowest BCUT2D eigenvalue weighted by Gasteiger charge is -2.04. The molecule has 2 N–H and O–H groups in total. The van der Waals surface area contributed by atoms with E-state index in [1.54, 1.807) is 13.0 Å². The highest BCUT2D eigenvalue weighted by Gasteiger charge is 2.03. The van der Waals surface area contributed by atoms with Gasteiger partial charge >= 0.3 is 0 Å². The maximum absolute atomic E-state index is 12.9. The van der Waals surface area contributed by atoms with Crippen LogP contribution in [0.5, 0.6) is 0 Å². The highest BCUT2D eigenvalue weighted by atomic mass is 19.1. The minimum absolute atomic E-state index is 0.249. The van der Waals surface area contributed by atoms with Crippen LogP contribution in [0.1, 0.15) is 18.1 Å². The lowest BCUT2D eigenvalue weighted by molar-refractivity contribution is 0.619. The molecule has 0 aliphatic heterocycles. The van der Waals surface area contributed by atoms with E-state index >= 15 is 0 Å². The van der Waals surface area contributed by atoms with Gasteiger partial charge in [-0.3, -0.25) is 0 Å². The van der Waals surface area contributed by atoms with E-state index in [0.29, 0.717) is 11.3 Å². The SMILES string of the molecule is C/C=C\c1ccc(F)c(C)c1N. The van der Waals surface area contributed by atoms with E-state index in [0.717, 1.165) is 5.56 Å². The van der Waals surface area contributed by atoms with Crippen LogP contribution in [-0.2, 0) is 0 Å². The van der Waals surface area contributed by atoms with Crippen molar-refractivity contribution >= 4 is 11.8 Å². The Labute approximate surface area is 71.7 Å². The Morgan fingerprint density at radius 3 is 2.67 bits per heavy atom. The van der Waals surface area contributed by atoms with Crippen molar-refractivity contribution < 1.29 is 4.39 Å². The highest BCUT2D eigenvalue weighted by Crippen LogP contribution is 2.20. The van der Waals surface area contributed by atoms with Crippen LogP contribution in [0.4, 0.5) is 10.1 Å². The van der Waals surface area contributed by atoms with E-state index in [9.17, 15) is 4.39 Å². The van der Waals surface area contributed by atoms with Gasteiger partial charge in [0.15, 0.2) is 0 Å². The molecule has 1 aromatic rings. The molecule has 0 bridgehead atoms. The average molecular weight is 165 g/mol. The summed E-state index contributed by atoms with van der Waals surface area (Å²) in [7, 11) is 0. The second kappa shape index (κ2) is 3.39. The normalized spacial score (nSPS) is 10.9. The van der Waals surface area contributed by atoms with Gasteiger partial charge in [0.1, 0.15) is 5.82 Å². The molecule has 0 radical (unpaired) electrons. The summed E-state index contributed by atoms with van der Waals surface area (Å²) in [4.78, 5) is 0. The van der Waals surface area contributed by atoms with Crippen molar-refractivity contribution in [3.63, 3.8) is 0 Å². The van der Waals surface area contributed by atoms with Gasteiger partial charge in [0.25, 0.3) is 0 Å². The molecule has 0 unspecified atom stereocenters. The molecule has 1 aromatic carbocycles. The number of nitrogens with two attached hydrogens (primary N) is 1. The fraction of sp³-hybridized carbons (Fsp3) is 0.200. The van der Waals surface area contributed by atoms with Gasteiger partial charge in [-0.25, -0.2) is 4.39 Å². The fourth-order valence-electron chi connectivity index (χ4n) is 1.05. The second-order valence-corrected chi connectivity index (χ2v) is 2.68. The Morgan fingerprint density at radius 2 is 2.08 bits per heavy atom. The summed E-state index contributed by atoms with van der Waals surface area (Å²) in [6, 6.07) is 3.11. The first-order valence-corrected chi connectivity index (χ1v) is 3.84. The summed E-state index contributed by atoms with van der Waals surface area (Å²) in [6.07, 6.45) is 3.74. The summed E-state index contributed by atoms with van der Waals surface area (Å²) in [6.45, 7) is 3.58. The van der Waals surface area contributed by atoms with E-state index < -0.39 is 0 Å². The van der Waals surface area contributed by atoms with Crippen molar-refractivity contribution in [2.24, 2.45) is 0 Å². The lowest BCUT2D eigenvalue weighted by atomic mass is 10.1. The van der Waals surface area contributed by atoms with Crippen molar-refractivity contribution in [2.45, 2.75) is 13.8 Å². The number of rotatable bonds is 1. The molecule has 0 spiro atoms. The zero-order valence-electron chi connectivity index (χ0n) is 7.26. The Kier molecular flexibility index (Phi) is 2.48. The van der Waals surface area contributed by atoms with E-state index in [2.05, 4.69) is 0 Å². The average Bonchev–Trinajstić information content (AvgIpc) is 2.07. The zero-order chi connectivity index (χ0) is 9.14. The molecule has 1 rings (SSSR count). The molecule has 64 valence electrons. The van der Waals surface area contributed by atoms with Crippen molar-refractivity contribution in [3.05, 3.63) is 35.2 Å². The van der Waals surface area contributed by atoms with Crippen molar-refractivity contribution in [1.29, 1.82) is 0 Å². The van der Waals surface area contributed by atoms with E-state index in [4.69, 9.17) is 5.73 Å². The quantitative estimate of drug-likeness (QED) is 0.636. The smallest absolute Gasteiger partial charge is 0.128 e. The van der Waals surface area contributed by atoms with Gasteiger partial charge in [0, 0.05) is 11.3 Å². The molecule has 0 aromatic heterocycles. The molecular formula is C10H12FN. The van der Waals surface area contributed by atoms with Crippen molar-refractivity contribution in [2.75, 3.05) is 5.73 Å². The Hall–Kier alpha value is -1.31. The molecule has 1 nitrogen and oxygen atoms in total. The number of allylic oxidation sites excluding steroid dienone is 1. The number of hydrogen-bond donors (Lipinski definition) is 1. The molecule has 0 fully saturated rings. The number of nitrogen functional groups attached to an aromatic ring is 1. The van der Waals surface area contributed by atoms with Gasteiger partial charge in [0.05, 0.1) is 0 Å². The Morgan fingerprint density at radius 1 is 1.42 bits per heavy atom. The molecule has 0 aliphatic carbocycles. The third kappa shape index (κ3) is 1.47. The Bertz CT molecular complexity index is 316. The topological polar surface area (TPSA) is 26.0 Å². The summed E-state index contributed by atoms with van der Waals surface area (Å²) in [5, 5.41) is 0. The minimum atomic E-state index is -0.249. The third-order valence-electron chi connectivity index (χ3n) is 1.83. The molecular weight excluding hydrogens is 153 g/mol. The first kappa shape index (κ1) is 8.78. The van der Waals surface area contributed by atoms with E-state index in [-0.39, 0.29) is 5.82 Å². The van der Waals surface area contributed by atoms with Crippen LogP contribution in [0.25, 0.3) is 6.08 Å². The largest absolute Gasteiger partial charge is 0.398 e. The predicted octanol–water partition coefficient (Wildman–Crippen LogP) is 2.75. The van der Waals surface area contributed by atoms with Gasteiger partial charge < -0.3 is 5.73 Å². The molecule has 0 heterocycles. The van der Waals surface area contributed by atoms with Crippen LogP contribution >= 0.6 is 0 Å². The van der Waals surface area contributed by atoms with Crippen LogP contribution in [0.3, 0.4) is 0 Å². The first-order valence-electron chi connectivity index (χ1n) is 3.84. The van der Waals surface area contributed by atoms with Crippen LogP contribution < -0.4 is 5.73 Å². The maximum atomic E-state index is 12.9. The minimum Gasteiger partial charge on any atom is -0.398 e. The fourth-order valence-corrected chi connectivity index (χ4v) is 1.05. The van der Waals surface area contributed by atoms with E-state index in [1.165, 1.54) is 6.07 Å². The monoisotopic (exact) mass is 165 g/mol. The summed E-state index contributed by atoms with van der Waals surface area (Å²) >= 11 is 0. The van der Waals surface area contributed by atoms with E-state index in [1.807, 2.05) is 19.1 Å². The highest BCUT2D eigenvalue weighted by molar-refractivity contribution is 5.67. The molecule has 0 saturated carbocycles. The van der Waals surface area contributed by atoms with Gasteiger partial charge in [-0.1, -0.05) is 12.2 Å². The molecule has 2 heteroatoms. The molecule has 12 heavy (non-hydrogen) atoms. The second-order valence-electron chi connectivity index (χ2n) is 2.68. The van der Waals surface area contributed by atoms with Crippen molar-refractivity contribution in [1.82, 2.24) is 0 Å². The molecule has 0 atom stereocenters. The number of halogens is 1. The van der Waals surface area contributed by atoms with Gasteiger partial charge in [0.2, 0.25) is 0 Å². The molecule has 0 aliphatic rings. The maximum Gasteiger partial charge on any atom is 0.128 e. The summed E-state index contributed by atoms with van der Waals surface area (Å²) in [5.74, 6) is -0.249. The van der Waals surface area contributed by atoms with Crippen LogP contribution in [0.15, 0.2) is 18.2 Å². The van der Waals surface area contributed by atoms with Crippen LogP contribution in [0, 0.1) is 12.7 Å². The number of benzene rings is 1. The lowest BCUT2D eigenvalue weighted by Crippen LogP contribution is -1.95.